The lowest BCUT2D eigenvalue weighted by molar-refractivity contribution is -0.138. The highest BCUT2D eigenvalue weighted by molar-refractivity contribution is 5.66. The van der Waals surface area contributed by atoms with Crippen molar-refractivity contribution in [1.82, 2.24) is 0 Å². The predicted molar refractivity (Wildman–Crippen MR) is 100 cm³/mol. The van der Waals surface area contributed by atoms with Crippen molar-refractivity contribution in [1.29, 1.82) is 0 Å². The van der Waals surface area contributed by atoms with E-state index in [1.165, 1.54) is 12.8 Å². The number of carbonyl (C=O) groups is 2. The van der Waals surface area contributed by atoms with E-state index in [2.05, 4.69) is 13.8 Å². The van der Waals surface area contributed by atoms with E-state index in [9.17, 15) is 9.59 Å². The lowest BCUT2D eigenvalue weighted by Crippen LogP contribution is -2.00. The summed E-state index contributed by atoms with van der Waals surface area (Å²) in [5.41, 5.74) is 10.6. The molecule has 0 aromatic rings. The molecule has 0 atom stereocenters. The van der Waals surface area contributed by atoms with Gasteiger partial charge in [-0.1, -0.05) is 52.4 Å². The van der Waals surface area contributed by atoms with E-state index in [1.807, 2.05) is 0 Å². The van der Waals surface area contributed by atoms with Crippen molar-refractivity contribution in [3.05, 3.63) is 0 Å². The molecule has 0 amide bonds. The summed E-state index contributed by atoms with van der Waals surface area (Å²) in [6.45, 7) is 5.76. The zero-order valence-corrected chi connectivity index (χ0v) is 15.8. The number of hydrogen-bond donors (Lipinski definition) is 4. The lowest BCUT2D eigenvalue weighted by Gasteiger charge is -1.94. The second kappa shape index (κ2) is 26.7. The highest BCUT2D eigenvalue weighted by Gasteiger charge is 1.93. The van der Waals surface area contributed by atoms with Crippen molar-refractivity contribution >= 4 is 11.9 Å². The molecule has 0 spiro atoms. The van der Waals surface area contributed by atoms with Crippen molar-refractivity contribution < 1.29 is 19.8 Å². The van der Waals surface area contributed by atoms with Crippen LogP contribution in [0.4, 0.5) is 0 Å². The first-order valence-corrected chi connectivity index (χ1v) is 9.29. The highest BCUT2D eigenvalue weighted by Crippen LogP contribution is 1.98. The molecule has 6 heteroatoms. The van der Waals surface area contributed by atoms with Crippen LogP contribution >= 0.6 is 0 Å². The average Bonchev–Trinajstić information content (AvgIpc) is 2.53. The first-order valence-electron chi connectivity index (χ1n) is 9.29. The Bertz CT molecular complexity index is 235. The van der Waals surface area contributed by atoms with E-state index in [1.54, 1.807) is 0 Å². The fourth-order valence-electron chi connectivity index (χ4n) is 1.69. The molecule has 0 heterocycles. The summed E-state index contributed by atoms with van der Waals surface area (Å²) in [5, 5.41) is 16.3. The quantitative estimate of drug-likeness (QED) is 0.375. The van der Waals surface area contributed by atoms with Crippen LogP contribution < -0.4 is 11.5 Å². The Morgan fingerprint density at radius 1 is 0.625 bits per heavy atom. The Balaban J connectivity index is -0.000000276. The number of hydrogen-bond acceptors (Lipinski definition) is 4. The molecule has 0 aromatic carbocycles. The molecule has 0 saturated heterocycles. The molecule has 0 fully saturated rings. The summed E-state index contributed by atoms with van der Waals surface area (Å²) in [6.07, 6.45) is 11.3. The van der Waals surface area contributed by atoms with E-state index in [0.717, 1.165) is 64.5 Å². The predicted octanol–water partition coefficient (Wildman–Crippen LogP) is 3.77. The van der Waals surface area contributed by atoms with Crippen LogP contribution in [0.2, 0.25) is 0 Å². The highest BCUT2D eigenvalue weighted by atomic mass is 16.4. The summed E-state index contributed by atoms with van der Waals surface area (Å²) >= 11 is 0. The molecular weight excluding hydrogens is 308 g/mol. The molecule has 6 N–H and O–H groups in total. The van der Waals surface area contributed by atoms with E-state index >= 15 is 0 Å². The zero-order chi connectivity index (χ0) is 19.1. The van der Waals surface area contributed by atoms with Crippen LogP contribution in [-0.2, 0) is 9.59 Å². The Morgan fingerprint density at radius 3 is 1.17 bits per heavy atom. The second-order valence-electron chi connectivity index (χ2n) is 5.69. The Labute approximate surface area is 148 Å². The van der Waals surface area contributed by atoms with Gasteiger partial charge < -0.3 is 21.7 Å². The van der Waals surface area contributed by atoms with Crippen LogP contribution in [0.5, 0.6) is 0 Å². The molecule has 0 aliphatic rings. The van der Waals surface area contributed by atoms with Crippen LogP contribution in [0.15, 0.2) is 0 Å². The van der Waals surface area contributed by atoms with Gasteiger partial charge in [0.1, 0.15) is 0 Å². The molecule has 6 nitrogen and oxygen atoms in total. The Hall–Kier alpha value is -1.14. The number of carboxylic acids is 2. The van der Waals surface area contributed by atoms with Crippen LogP contribution in [0, 0.1) is 0 Å². The molecule has 0 aliphatic carbocycles. The number of nitrogens with two attached hydrogens (primary N) is 2. The van der Waals surface area contributed by atoms with Gasteiger partial charge in [-0.3, -0.25) is 9.59 Å². The smallest absolute Gasteiger partial charge is 0.303 e. The van der Waals surface area contributed by atoms with Gasteiger partial charge in [0.25, 0.3) is 0 Å². The summed E-state index contributed by atoms with van der Waals surface area (Å²) in [4.78, 5) is 19.7. The summed E-state index contributed by atoms with van der Waals surface area (Å²) < 4.78 is 0. The summed E-state index contributed by atoms with van der Waals surface area (Å²) in [7, 11) is 0. The van der Waals surface area contributed by atoms with Crippen LogP contribution in [0.3, 0.4) is 0 Å². The van der Waals surface area contributed by atoms with Gasteiger partial charge in [-0.15, -0.1) is 0 Å². The number of unbranched alkanes of at least 4 members (excludes halogenated alkanes) is 7. The monoisotopic (exact) mass is 348 g/mol. The molecule has 0 radical (unpaired) electrons. The Kier molecular flexibility index (Phi) is 30.9. The number of rotatable bonds is 13. The van der Waals surface area contributed by atoms with Gasteiger partial charge in [0, 0.05) is 12.8 Å². The molecule has 0 aromatic heterocycles. The minimum Gasteiger partial charge on any atom is -0.481 e. The minimum absolute atomic E-state index is 0.327. The standard InChI is InChI=1S/C6H16N2.2C6H12O2/c7-5-3-1-2-4-6-8;2*1-2-3-4-5-6(7)8/h1-8H2;2*2-5H2,1H3,(H,7,8). The Morgan fingerprint density at radius 2 is 0.958 bits per heavy atom. The average molecular weight is 349 g/mol. The number of carboxylic acid groups (broad SMARTS) is 2. The third-order valence-corrected chi connectivity index (χ3v) is 3.15. The van der Waals surface area contributed by atoms with Crippen LogP contribution in [-0.4, -0.2) is 35.2 Å². The van der Waals surface area contributed by atoms with E-state index < -0.39 is 11.9 Å². The zero-order valence-electron chi connectivity index (χ0n) is 15.8. The molecular formula is C18H40N2O4. The molecule has 0 unspecified atom stereocenters. The molecule has 0 aliphatic heterocycles. The maximum absolute atomic E-state index is 9.87. The van der Waals surface area contributed by atoms with Crippen molar-refractivity contribution in [3.63, 3.8) is 0 Å². The molecule has 0 rings (SSSR count). The van der Waals surface area contributed by atoms with Gasteiger partial charge in [0.05, 0.1) is 0 Å². The second-order valence-corrected chi connectivity index (χ2v) is 5.69. The van der Waals surface area contributed by atoms with E-state index in [-0.39, 0.29) is 0 Å². The normalized spacial score (nSPS) is 9.33. The maximum atomic E-state index is 9.87. The lowest BCUT2D eigenvalue weighted by atomic mass is 10.2. The van der Waals surface area contributed by atoms with Gasteiger partial charge in [-0.2, -0.15) is 0 Å². The van der Waals surface area contributed by atoms with Crippen molar-refractivity contribution in [2.45, 2.75) is 90.9 Å². The van der Waals surface area contributed by atoms with Gasteiger partial charge in [0.15, 0.2) is 0 Å². The first-order chi connectivity index (χ1) is 11.5. The van der Waals surface area contributed by atoms with E-state index in [4.69, 9.17) is 21.7 Å². The maximum Gasteiger partial charge on any atom is 0.303 e. The molecule has 146 valence electrons. The summed E-state index contributed by atoms with van der Waals surface area (Å²) in [6, 6.07) is 0. The van der Waals surface area contributed by atoms with Gasteiger partial charge in [0.2, 0.25) is 0 Å². The van der Waals surface area contributed by atoms with Gasteiger partial charge in [-0.25, -0.2) is 0 Å². The minimum atomic E-state index is -0.682. The molecule has 0 saturated carbocycles. The fraction of sp³-hybridized carbons (Fsp3) is 0.889. The third-order valence-electron chi connectivity index (χ3n) is 3.15. The topological polar surface area (TPSA) is 127 Å². The first kappa shape index (κ1) is 27.7. The van der Waals surface area contributed by atoms with Gasteiger partial charge in [-0.05, 0) is 38.8 Å². The van der Waals surface area contributed by atoms with Gasteiger partial charge >= 0.3 is 11.9 Å². The van der Waals surface area contributed by atoms with Crippen LogP contribution in [0.1, 0.15) is 90.9 Å². The van der Waals surface area contributed by atoms with Crippen molar-refractivity contribution in [2.24, 2.45) is 11.5 Å². The SMILES string of the molecule is CCCCCC(=O)O.CCCCCC(=O)O.NCCCCCCN. The molecule has 24 heavy (non-hydrogen) atoms. The largest absolute Gasteiger partial charge is 0.481 e. The number of aliphatic carboxylic acids is 2. The third kappa shape index (κ3) is 42.8. The fourth-order valence-corrected chi connectivity index (χ4v) is 1.69. The summed E-state index contributed by atoms with van der Waals surface area (Å²) in [5.74, 6) is -1.36. The van der Waals surface area contributed by atoms with E-state index in [0.29, 0.717) is 12.8 Å². The van der Waals surface area contributed by atoms with Crippen molar-refractivity contribution in [2.75, 3.05) is 13.1 Å². The molecule has 0 bridgehead atoms. The van der Waals surface area contributed by atoms with Crippen molar-refractivity contribution in [3.8, 4) is 0 Å². The van der Waals surface area contributed by atoms with Crippen LogP contribution in [0.25, 0.3) is 0 Å².